The molecular formula is C22H26N4O3. The third-order valence-electron chi connectivity index (χ3n) is 5.97. The summed E-state index contributed by atoms with van der Waals surface area (Å²) >= 11 is 0. The fourth-order valence-corrected chi connectivity index (χ4v) is 4.21. The number of urea groups is 1. The number of carbonyl (C=O) groups excluding carboxylic acids is 2. The van der Waals surface area contributed by atoms with Gasteiger partial charge in [0.1, 0.15) is 11.4 Å². The monoisotopic (exact) mass is 394 g/mol. The van der Waals surface area contributed by atoms with E-state index in [1.54, 1.807) is 12.0 Å². The lowest BCUT2D eigenvalue weighted by Gasteiger charge is -2.51. The third kappa shape index (κ3) is 3.37. The number of hydrogen-bond acceptors (Lipinski definition) is 4. The lowest BCUT2D eigenvalue weighted by Crippen LogP contribution is -2.67. The van der Waals surface area contributed by atoms with E-state index < -0.39 is 5.66 Å². The first-order valence-corrected chi connectivity index (χ1v) is 9.79. The number of likely N-dealkylation sites (tertiary alicyclic amines) is 1. The molecular weight excluding hydrogens is 368 g/mol. The van der Waals surface area contributed by atoms with E-state index in [2.05, 4.69) is 15.5 Å². The van der Waals surface area contributed by atoms with Crippen molar-refractivity contribution in [3.8, 4) is 5.75 Å². The Morgan fingerprint density at radius 2 is 1.90 bits per heavy atom. The molecule has 2 heterocycles. The lowest BCUT2D eigenvalue weighted by atomic mass is 9.90. The Bertz CT molecular complexity index is 951. The molecule has 7 nitrogen and oxygen atoms in total. The highest BCUT2D eigenvalue weighted by molar-refractivity contribution is 6.02. The summed E-state index contributed by atoms with van der Waals surface area (Å²) in [7, 11) is 3.59. The SMILES string of the molecule is COc1ccc(C)cc1NC(=O)N1CCC2(CC1)NC(=O)c1ccccc1N2C. The van der Waals surface area contributed by atoms with Crippen molar-refractivity contribution in [1.29, 1.82) is 0 Å². The van der Waals surface area contributed by atoms with Gasteiger partial charge >= 0.3 is 6.03 Å². The van der Waals surface area contributed by atoms with Gasteiger partial charge in [-0.1, -0.05) is 18.2 Å². The van der Waals surface area contributed by atoms with Crippen LogP contribution in [0.5, 0.6) is 5.75 Å². The lowest BCUT2D eigenvalue weighted by molar-refractivity contribution is 0.0815. The van der Waals surface area contributed by atoms with Gasteiger partial charge in [-0.25, -0.2) is 4.79 Å². The van der Waals surface area contributed by atoms with Gasteiger partial charge in [0.05, 0.1) is 24.0 Å². The van der Waals surface area contributed by atoms with Crippen molar-refractivity contribution in [3.05, 3.63) is 53.6 Å². The van der Waals surface area contributed by atoms with E-state index in [1.807, 2.05) is 56.4 Å². The summed E-state index contributed by atoms with van der Waals surface area (Å²) in [5.41, 5.74) is 2.85. The number of methoxy groups -OCH3 is 1. The maximum absolute atomic E-state index is 12.8. The number of ether oxygens (including phenoxy) is 1. The summed E-state index contributed by atoms with van der Waals surface area (Å²) in [6.07, 6.45) is 1.31. The molecule has 152 valence electrons. The molecule has 0 aliphatic carbocycles. The zero-order chi connectivity index (χ0) is 20.6. The van der Waals surface area contributed by atoms with E-state index >= 15 is 0 Å². The molecule has 3 amide bonds. The Kier molecular flexibility index (Phi) is 4.82. The molecule has 1 spiro atoms. The van der Waals surface area contributed by atoms with Crippen LogP contribution in [-0.2, 0) is 0 Å². The number of nitrogens with zero attached hydrogens (tertiary/aromatic N) is 2. The number of anilines is 2. The van der Waals surface area contributed by atoms with Crippen LogP contribution in [0.3, 0.4) is 0 Å². The Hall–Kier alpha value is -3.22. The van der Waals surface area contributed by atoms with Crippen molar-refractivity contribution in [2.45, 2.75) is 25.4 Å². The molecule has 2 N–H and O–H groups in total. The van der Waals surface area contributed by atoms with E-state index in [1.165, 1.54) is 0 Å². The standard InChI is InChI=1S/C22H26N4O3/c1-15-8-9-19(29-3)17(14-15)23-21(28)26-12-10-22(11-13-26)24-20(27)16-6-4-5-7-18(16)25(22)2/h4-9,14H,10-13H2,1-3H3,(H,23,28)(H,24,27). The average molecular weight is 394 g/mol. The minimum absolute atomic E-state index is 0.0545. The quantitative estimate of drug-likeness (QED) is 0.820. The molecule has 1 fully saturated rings. The summed E-state index contributed by atoms with van der Waals surface area (Å²) in [4.78, 5) is 29.4. The molecule has 29 heavy (non-hydrogen) atoms. The van der Waals surface area contributed by atoms with Crippen LogP contribution in [0.4, 0.5) is 16.2 Å². The fraction of sp³-hybridized carbons (Fsp3) is 0.364. The van der Waals surface area contributed by atoms with Crippen LogP contribution in [0.1, 0.15) is 28.8 Å². The van der Waals surface area contributed by atoms with Gasteiger partial charge in [-0.3, -0.25) is 4.79 Å². The Balaban J connectivity index is 1.47. The van der Waals surface area contributed by atoms with Crippen molar-refractivity contribution in [2.24, 2.45) is 0 Å². The van der Waals surface area contributed by atoms with Gasteiger partial charge in [0.25, 0.3) is 5.91 Å². The number of fused-ring (bicyclic) bond motifs is 1. The molecule has 0 atom stereocenters. The smallest absolute Gasteiger partial charge is 0.321 e. The van der Waals surface area contributed by atoms with Gasteiger partial charge in [-0.2, -0.15) is 0 Å². The number of nitrogens with one attached hydrogen (secondary N) is 2. The van der Waals surface area contributed by atoms with Crippen molar-refractivity contribution >= 4 is 23.3 Å². The zero-order valence-corrected chi connectivity index (χ0v) is 17.0. The van der Waals surface area contributed by atoms with Gasteiger partial charge in [0.2, 0.25) is 0 Å². The maximum atomic E-state index is 12.8. The Morgan fingerprint density at radius 3 is 2.62 bits per heavy atom. The van der Waals surface area contributed by atoms with Crippen molar-refractivity contribution in [1.82, 2.24) is 10.2 Å². The van der Waals surface area contributed by atoms with Crippen molar-refractivity contribution < 1.29 is 14.3 Å². The molecule has 0 aromatic heterocycles. The van der Waals surface area contributed by atoms with E-state index in [-0.39, 0.29) is 11.9 Å². The van der Waals surface area contributed by atoms with E-state index in [0.717, 1.165) is 11.3 Å². The number of hydrogen-bond donors (Lipinski definition) is 2. The Morgan fingerprint density at radius 1 is 1.17 bits per heavy atom. The number of amides is 3. The normalized spacial score (nSPS) is 17.6. The number of rotatable bonds is 2. The van der Waals surface area contributed by atoms with Crippen LogP contribution >= 0.6 is 0 Å². The highest BCUT2D eigenvalue weighted by Gasteiger charge is 2.44. The van der Waals surface area contributed by atoms with Crippen molar-refractivity contribution in [3.63, 3.8) is 0 Å². The van der Waals surface area contributed by atoms with Gasteiger partial charge in [-0.15, -0.1) is 0 Å². The molecule has 2 aromatic rings. The van der Waals surface area contributed by atoms with Gasteiger partial charge in [0, 0.05) is 33.0 Å². The average Bonchev–Trinajstić information content (AvgIpc) is 2.73. The summed E-state index contributed by atoms with van der Waals surface area (Å²) in [6, 6.07) is 13.2. The minimum atomic E-state index is -0.469. The topological polar surface area (TPSA) is 73.9 Å². The summed E-state index contributed by atoms with van der Waals surface area (Å²) in [5, 5.41) is 6.14. The fourth-order valence-electron chi connectivity index (χ4n) is 4.21. The van der Waals surface area contributed by atoms with Crippen LogP contribution < -0.4 is 20.3 Å². The molecule has 1 saturated heterocycles. The number of piperidine rings is 1. The van der Waals surface area contributed by atoms with Crippen LogP contribution in [0.15, 0.2) is 42.5 Å². The van der Waals surface area contributed by atoms with Crippen LogP contribution in [0, 0.1) is 6.92 Å². The first kappa shape index (κ1) is 19.1. The molecule has 2 aromatic carbocycles. The van der Waals surface area contributed by atoms with Crippen LogP contribution in [0.2, 0.25) is 0 Å². The molecule has 0 radical (unpaired) electrons. The highest BCUT2D eigenvalue weighted by Crippen LogP contribution is 2.36. The second-order valence-electron chi connectivity index (χ2n) is 7.68. The predicted molar refractivity (Wildman–Crippen MR) is 113 cm³/mol. The molecule has 0 saturated carbocycles. The molecule has 4 rings (SSSR count). The van der Waals surface area contributed by atoms with Crippen LogP contribution in [-0.4, -0.2) is 49.7 Å². The summed E-state index contributed by atoms with van der Waals surface area (Å²) in [6.45, 7) is 3.07. The van der Waals surface area contributed by atoms with E-state index in [9.17, 15) is 9.59 Å². The third-order valence-corrected chi connectivity index (χ3v) is 5.97. The largest absolute Gasteiger partial charge is 0.495 e. The molecule has 0 unspecified atom stereocenters. The minimum Gasteiger partial charge on any atom is -0.495 e. The summed E-state index contributed by atoms with van der Waals surface area (Å²) < 4.78 is 5.35. The van der Waals surface area contributed by atoms with E-state index in [4.69, 9.17) is 4.74 Å². The summed E-state index contributed by atoms with van der Waals surface area (Å²) in [5.74, 6) is 0.578. The zero-order valence-electron chi connectivity index (χ0n) is 17.0. The van der Waals surface area contributed by atoms with Gasteiger partial charge < -0.3 is 25.2 Å². The van der Waals surface area contributed by atoms with E-state index in [0.29, 0.717) is 42.9 Å². The van der Waals surface area contributed by atoms with Crippen molar-refractivity contribution in [2.75, 3.05) is 37.5 Å². The number of carbonyl (C=O) groups is 2. The second-order valence-corrected chi connectivity index (χ2v) is 7.68. The number of benzene rings is 2. The highest BCUT2D eigenvalue weighted by atomic mass is 16.5. The predicted octanol–water partition coefficient (Wildman–Crippen LogP) is 3.21. The first-order chi connectivity index (χ1) is 13.9. The van der Waals surface area contributed by atoms with Crippen LogP contribution in [0.25, 0.3) is 0 Å². The molecule has 2 aliphatic rings. The first-order valence-electron chi connectivity index (χ1n) is 9.79. The van der Waals surface area contributed by atoms with Gasteiger partial charge in [-0.05, 0) is 36.8 Å². The number of aryl methyl sites for hydroxylation is 1. The number of para-hydroxylation sites is 1. The van der Waals surface area contributed by atoms with Gasteiger partial charge in [0.15, 0.2) is 0 Å². The maximum Gasteiger partial charge on any atom is 0.321 e. The Labute approximate surface area is 170 Å². The molecule has 7 heteroatoms. The second kappa shape index (κ2) is 7.31. The molecule has 2 aliphatic heterocycles. The molecule has 0 bridgehead atoms.